The molecule has 2 nitrogen and oxygen atoms in total. The molecule has 0 aromatic rings. The maximum atomic E-state index is 5.52. The predicted octanol–water partition coefficient (Wildman–Crippen LogP) is 2.19. The van der Waals surface area contributed by atoms with Crippen LogP contribution in [0.4, 0.5) is 0 Å². The summed E-state index contributed by atoms with van der Waals surface area (Å²) in [7, 11) is 0. The van der Waals surface area contributed by atoms with Crippen molar-refractivity contribution in [3.8, 4) is 0 Å². The van der Waals surface area contributed by atoms with Crippen molar-refractivity contribution in [2.24, 2.45) is 5.92 Å². The molecule has 1 heterocycles. The molecule has 1 saturated heterocycles. The van der Waals surface area contributed by atoms with Gasteiger partial charge in [0.25, 0.3) is 0 Å². The van der Waals surface area contributed by atoms with Gasteiger partial charge in [0.05, 0.1) is 6.10 Å². The van der Waals surface area contributed by atoms with Crippen molar-refractivity contribution >= 4 is 0 Å². The van der Waals surface area contributed by atoms with E-state index < -0.39 is 0 Å². The first-order valence-corrected chi connectivity index (χ1v) is 5.61. The third-order valence-corrected chi connectivity index (χ3v) is 2.53. The van der Waals surface area contributed by atoms with Gasteiger partial charge in [-0.25, -0.2) is 0 Å². The Bertz CT molecular complexity index is 119. The van der Waals surface area contributed by atoms with Crippen LogP contribution in [0.2, 0.25) is 0 Å². The van der Waals surface area contributed by atoms with E-state index in [0.29, 0.717) is 6.10 Å². The highest BCUT2D eigenvalue weighted by molar-refractivity contribution is 4.67. The van der Waals surface area contributed by atoms with Crippen LogP contribution in [-0.2, 0) is 4.74 Å². The van der Waals surface area contributed by atoms with Crippen molar-refractivity contribution in [3.63, 3.8) is 0 Å². The lowest BCUT2D eigenvalue weighted by Crippen LogP contribution is -2.27. The normalized spacial score (nSPS) is 22.8. The standard InChI is InChI=1S/C11H23NO/c1-10(2)5-3-7-12-9-11-6-4-8-13-11/h10-12H,3-9H2,1-2H3. The zero-order valence-electron chi connectivity index (χ0n) is 9.01. The van der Waals surface area contributed by atoms with E-state index in [4.69, 9.17) is 4.74 Å². The van der Waals surface area contributed by atoms with E-state index in [0.717, 1.165) is 25.6 Å². The van der Waals surface area contributed by atoms with Gasteiger partial charge in [-0.15, -0.1) is 0 Å². The maximum absolute atomic E-state index is 5.52. The van der Waals surface area contributed by atoms with Crippen LogP contribution in [0.15, 0.2) is 0 Å². The van der Waals surface area contributed by atoms with Gasteiger partial charge in [0.2, 0.25) is 0 Å². The number of rotatable bonds is 6. The average Bonchev–Trinajstić information content (AvgIpc) is 2.55. The molecule has 1 rings (SSSR count). The molecule has 0 bridgehead atoms. The number of ether oxygens (including phenoxy) is 1. The smallest absolute Gasteiger partial charge is 0.0700 e. The van der Waals surface area contributed by atoms with Gasteiger partial charge in [-0.1, -0.05) is 13.8 Å². The van der Waals surface area contributed by atoms with Crippen LogP contribution in [0.5, 0.6) is 0 Å². The SMILES string of the molecule is CC(C)CCCNCC1CCCO1. The Balaban J connectivity index is 1.83. The minimum Gasteiger partial charge on any atom is -0.377 e. The van der Waals surface area contributed by atoms with E-state index in [1.54, 1.807) is 0 Å². The molecular weight excluding hydrogens is 162 g/mol. The molecule has 2 heteroatoms. The Morgan fingerprint density at radius 2 is 2.31 bits per heavy atom. The Labute approximate surface area is 82.0 Å². The lowest BCUT2D eigenvalue weighted by atomic mass is 10.1. The van der Waals surface area contributed by atoms with E-state index in [1.807, 2.05) is 0 Å². The lowest BCUT2D eigenvalue weighted by molar-refractivity contribution is 0.110. The Morgan fingerprint density at radius 1 is 1.46 bits per heavy atom. The molecular formula is C11H23NO. The van der Waals surface area contributed by atoms with Crippen molar-refractivity contribution in [1.82, 2.24) is 5.32 Å². The molecule has 1 fully saturated rings. The third-order valence-electron chi connectivity index (χ3n) is 2.53. The van der Waals surface area contributed by atoms with Gasteiger partial charge >= 0.3 is 0 Å². The second kappa shape index (κ2) is 6.39. The van der Waals surface area contributed by atoms with E-state index in [2.05, 4.69) is 19.2 Å². The van der Waals surface area contributed by atoms with E-state index in [-0.39, 0.29) is 0 Å². The first-order valence-electron chi connectivity index (χ1n) is 5.61. The van der Waals surface area contributed by atoms with E-state index >= 15 is 0 Å². The van der Waals surface area contributed by atoms with Crippen LogP contribution >= 0.6 is 0 Å². The van der Waals surface area contributed by atoms with Gasteiger partial charge in [-0.3, -0.25) is 0 Å². The van der Waals surface area contributed by atoms with Gasteiger partial charge in [-0.05, 0) is 38.1 Å². The van der Waals surface area contributed by atoms with Gasteiger partial charge in [0.15, 0.2) is 0 Å². The number of nitrogens with one attached hydrogen (secondary N) is 1. The summed E-state index contributed by atoms with van der Waals surface area (Å²) in [5.41, 5.74) is 0. The molecule has 0 saturated carbocycles. The van der Waals surface area contributed by atoms with Gasteiger partial charge in [-0.2, -0.15) is 0 Å². The molecule has 1 N–H and O–H groups in total. The Morgan fingerprint density at radius 3 is 2.92 bits per heavy atom. The van der Waals surface area contributed by atoms with Crippen LogP contribution in [0.3, 0.4) is 0 Å². The van der Waals surface area contributed by atoms with Gasteiger partial charge in [0.1, 0.15) is 0 Å². The van der Waals surface area contributed by atoms with E-state index in [1.165, 1.54) is 25.7 Å². The third kappa shape index (κ3) is 5.27. The molecule has 1 unspecified atom stereocenters. The van der Waals surface area contributed by atoms with Crippen molar-refractivity contribution in [2.75, 3.05) is 19.7 Å². The Kier molecular flexibility index (Phi) is 5.40. The second-order valence-electron chi connectivity index (χ2n) is 4.38. The molecule has 13 heavy (non-hydrogen) atoms. The molecule has 1 aliphatic heterocycles. The molecule has 0 amide bonds. The maximum Gasteiger partial charge on any atom is 0.0700 e. The van der Waals surface area contributed by atoms with Crippen molar-refractivity contribution in [1.29, 1.82) is 0 Å². The topological polar surface area (TPSA) is 21.3 Å². The van der Waals surface area contributed by atoms with Crippen LogP contribution in [0, 0.1) is 5.92 Å². The Hall–Kier alpha value is -0.0800. The van der Waals surface area contributed by atoms with Crippen LogP contribution < -0.4 is 5.32 Å². The fraction of sp³-hybridized carbons (Fsp3) is 1.00. The largest absolute Gasteiger partial charge is 0.377 e. The minimum atomic E-state index is 0.499. The molecule has 0 radical (unpaired) electrons. The zero-order chi connectivity index (χ0) is 9.52. The highest BCUT2D eigenvalue weighted by atomic mass is 16.5. The summed E-state index contributed by atoms with van der Waals surface area (Å²) >= 11 is 0. The number of hydrogen-bond acceptors (Lipinski definition) is 2. The van der Waals surface area contributed by atoms with Crippen LogP contribution in [0.25, 0.3) is 0 Å². The summed E-state index contributed by atoms with van der Waals surface area (Å²) in [5.74, 6) is 0.838. The highest BCUT2D eigenvalue weighted by Gasteiger charge is 2.13. The second-order valence-corrected chi connectivity index (χ2v) is 4.38. The van der Waals surface area contributed by atoms with Gasteiger partial charge in [0, 0.05) is 13.2 Å². The van der Waals surface area contributed by atoms with Crippen LogP contribution in [0.1, 0.15) is 39.5 Å². The first kappa shape index (κ1) is 11.0. The summed E-state index contributed by atoms with van der Waals surface area (Å²) in [6.45, 7) is 7.73. The average molecular weight is 185 g/mol. The monoisotopic (exact) mass is 185 g/mol. The van der Waals surface area contributed by atoms with Gasteiger partial charge < -0.3 is 10.1 Å². The van der Waals surface area contributed by atoms with Crippen molar-refractivity contribution in [2.45, 2.75) is 45.6 Å². The summed E-state index contributed by atoms with van der Waals surface area (Å²) in [6.07, 6.45) is 5.62. The molecule has 0 aromatic carbocycles. The lowest BCUT2D eigenvalue weighted by Gasteiger charge is -2.10. The molecule has 0 aliphatic carbocycles. The van der Waals surface area contributed by atoms with E-state index in [9.17, 15) is 0 Å². The number of hydrogen-bond donors (Lipinski definition) is 1. The summed E-state index contributed by atoms with van der Waals surface area (Å²) in [6, 6.07) is 0. The summed E-state index contributed by atoms with van der Waals surface area (Å²) in [5, 5.41) is 3.46. The molecule has 1 atom stereocenters. The van der Waals surface area contributed by atoms with Crippen molar-refractivity contribution < 1.29 is 4.74 Å². The van der Waals surface area contributed by atoms with Crippen molar-refractivity contribution in [3.05, 3.63) is 0 Å². The fourth-order valence-electron chi connectivity index (χ4n) is 1.70. The zero-order valence-corrected chi connectivity index (χ0v) is 9.01. The minimum absolute atomic E-state index is 0.499. The fourth-order valence-corrected chi connectivity index (χ4v) is 1.70. The predicted molar refractivity (Wildman–Crippen MR) is 55.9 cm³/mol. The van der Waals surface area contributed by atoms with Crippen LogP contribution in [-0.4, -0.2) is 25.8 Å². The highest BCUT2D eigenvalue weighted by Crippen LogP contribution is 2.10. The molecule has 1 aliphatic rings. The molecule has 0 aromatic heterocycles. The first-order chi connectivity index (χ1) is 6.29. The molecule has 0 spiro atoms. The quantitative estimate of drug-likeness (QED) is 0.640. The summed E-state index contributed by atoms with van der Waals surface area (Å²) < 4.78 is 5.52. The molecule has 78 valence electrons. The summed E-state index contributed by atoms with van der Waals surface area (Å²) in [4.78, 5) is 0.